The zero-order valence-electron chi connectivity index (χ0n) is 13.3. The predicted octanol–water partition coefficient (Wildman–Crippen LogP) is 0.960. The van der Waals surface area contributed by atoms with Crippen molar-refractivity contribution in [3.05, 3.63) is 35.6 Å². The van der Waals surface area contributed by atoms with Gasteiger partial charge in [0.25, 0.3) is 10.2 Å². The molecule has 1 heterocycles. The Morgan fingerprint density at radius 1 is 1.26 bits per heavy atom. The fraction of sp³-hybridized carbons (Fsp3) is 0.533. The van der Waals surface area contributed by atoms with Crippen molar-refractivity contribution in [2.45, 2.75) is 19.4 Å². The molecular formula is C15H22FN3O3S. The van der Waals surface area contributed by atoms with E-state index in [1.165, 1.54) is 34.8 Å². The average Bonchev–Trinajstić information content (AvgIpc) is 2.54. The lowest BCUT2D eigenvalue weighted by atomic mass is 9.97. The SMILES string of the molecule is CN(C)S(=O)(=O)N1CCC(C(=O)NCc2ccc(F)cc2)CC1. The van der Waals surface area contributed by atoms with Gasteiger partial charge in [-0.05, 0) is 30.5 Å². The maximum Gasteiger partial charge on any atom is 0.281 e. The normalized spacial score (nSPS) is 17.4. The number of hydrogen-bond acceptors (Lipinski definition) is 3. The summed E-state index contributed by atoms with van der Waals surface area (Å²) in [6.07, 6.45) is 1.00. The van der Waals surface area contributed by atoms with Crippen molar-refractivity contribution < 1.29 is 17.6 Å². The molecular weight excluding hydrogens is 321 g/mol. The van der Waals surface area contributed by atoms with E-state index in [0.717, 1.165) is 5.56 Å². The van der Waals surface area contributed by atoms with Gasteiger partial charge in [0.2, 0.25) is 5.91 Å². The molecule has 1 amide bonds. The fourth-order valence-electron chi connectivity index (χ4n) is 2.52. The summed E-state index contributed by atoms with van der Waals surface area (Å²) in [5, 5.41) is 2.82. The highest BCUT2D eigenvalue weighted by Crippen LogP contribution is 2.20. The van der Waals surface area contributed by atoms with Crippen molar-refractivity contribution in [3.63, 3.8) is 0 Å². The van der Waals surface area contributed by atoms with Gasteiger partial charge in [-0.25, -0.2) is 4.39 Å². The Morgan fingerprint density at radius 3 is 2.35 bits per heavy atom. The minimum absolute atomic E-state index is 0.0868. The van der Waals surface area contributed by atoms with Crippen molar-refractivity contribution in [3.8, 4) is 0 Å². The van der Waals surface area contributed by atoms with E-state index < -0.39 is 10.2 Å². The third-order valence-electron chi connectivity index (χ3n) is 3.99. The Morgan fingerprint density at radius 2 is 1.83 bits per heavy atom. The van der Waals surface area contributed by atoms with Crippen LogP contribution < -0.4 is 5.32 Å². The fourth-order valence-corrected chi connectivity index (χ4v) is 3.65. The number of hydrogen-bond donors (Lipinski definition) is 1. The highest BCUT2D eigenvalue weighted by Gasteiger charge is 2.32. The summed E-state index contributed by atoms with van der Waals surface area (Å²) in [7, 11) is -0.415. The number of nitrogens with zero attached hydrogens (tertiary/aromatic N) is 2. The molecule has 23 heavy (non-hydrogen) atoms. The van der Waals surface area contributed by atoms with Crippen LogP contribution in [-0.2, 0) is 21.5 Å². The van der Waals surface area contributed by atoms with Crippen LogP contribution in [0.15, 0.2) is 24.3 Å². The van der Waals surface area contributed by atoms with Gasteiger partial charge in [-0.3, -0.25) is 4.79 Å². The topological polar surface area (TPSA) is 69.7 Å². The molecule has 6 nitrogen and oxygen atoms in total. The van der Waals surface area contributed by atoms with Gasteiger partial charge in [0.05, 0.1) is 0 Å². The lowest BCUT2D eigenvalue weighted by Crippen LogP contribution is -2.46. The van der Waals surface area contributed by atoms with E-state index >= 15 is 0 Å². The molecule has 1 N–H and O–H groups in total. The van der Waals surface area contributed by atoms with Crippen molar-refractivity contribution in [2.75, 3.05) is 27.2 Å². The van der Waals surface area contributed by atoms with E-state index in [4.69, 9.17) is 0 Å². The molecule has 0 radical (unpaired) electrons. The summed E-state index contributed by atoms with van der Waals surface area (Å²) >= 11 is 0. The molecule has 0 saturated carbocycles. The first-order valence-corrected chi connectivity index (χ1v) is 8.90. The largest absolute Gasteiger partial charge is 0.352 e. The second kappa shape index (κ2) is 7.37. The van der Waals surface area contributed by atoms with Gasteiger partial charge in [0.1, 0.15) is 5.82 Å². The van der Waals surface area contributed by atoms with Gasteiger partial charge in [-0.1, -0.05) is 12.1 Å². The summed E-state index contributed by atoms with van der Waals surface area (Å²) in [6.45, 7) is 1.03. The zero-order valence-corrected chi connectivity index (χ0v) is 14.1. The number of carbonyl (C=O) groups excluding carboxylic acids is 1. The van der Waals surface area contributed by atoms with E-state index in [1.807, 2.05) is 0 Å². The van der Waals surface area contributed by atoms with Crippen molar-refractivity contribution in [1.82, 2.24) is 13.9 Å². The molecule has 1 aromatic rings. The molecule has 0 spiro atoms. The quantitative estimate of drug-likeness (QED) is 0.866. The summed E-state index contributed by atoms with van der Waals surface area (Å²) in [5.74, 6) is -0.588. The van der Waals surface area contributed by atoms with Crippen molar-refractivity contribution in [2.24, 2.45) is 5.92 Å². The molecule has 1 aromatic carbocycles. The van der Waals surface area contributed by atoms with Gasteiger partial charge in [0.15, 0.2) is 0 Å². The number of piperidine rings is 1. The number of carbonyl (C=O) groups is 1. The van der Waals surface area contributed by atoms with Crippen molar-refractivity contribution >= 4 is 16.1 Å². The number of amides is 1. The summed E-state index contributed by atoms with van der Waals surface area (Å²) in [6, 6.07) is 5.96. The minimum Gasteiger partial charge on any atom is -0.352 e. The highest BCUT2D eigenvalue weighted by atomic mass is 32.2. The molecule has 1 saturated heterocycles. The molecule has 1 fully saturated rings. The highest BCUT2D eigenvalue weighted by molar-refractivity contribution is 7.86. The molecule has 8 heteroatoms. The standard InChI is InChI=1S/C15H22FN3O3S/c1-18(2)23(21,22)19-9-7-13(8-10-19)15(20)17-11-12-3-5-14(16)6-4-12/h3-6,13H,7-11H2,1-2H3,(H,17,20). The first-order chi connectivity index (χ1) is 10.8. The molecule has 0 aromatic heterocycles. The summed E-state index contributed by atoms with van der Waals surface area (Å²) < 4.78 is 39.4. The monoisotopic (exact) mass is 343 g/mol. The van der Waals surface area contributed by atoms with Gasteiger partial charge >= 0.3 is 0 Å². The van der Waals surface area contributed by atoms with Gasteiger partial charge in [-0.15, -0.1) is 0 Å². The third-order valence-corrected chi connectivity index (χ3v) is 5.93. The number of benzene rings is 1. The van der Waals surface area contributed by atoms with Crippen LogP contribution in [0.2, 0.25) is 0 Å². The molecule has 128 valence electrons. The third kappa shape index (κ3) is 4.49. The maximum absolute atomic E-state index is 12.8. The van der Waals surface area contributed by atoms with Crippen LogP contribution in [0.5, 0.6) is 0 Å². The number of nitrogens with one attached hydrogen (secondary N) is 1. The van der Waals surface area contributed by atoms with E-state index in [2.05, 4.69) is 5.32 Å². The second-order valence-electron chi connectivity index (χ2n) is 5.81. The zero-order chi connectivity index (χ0) is 17.0. The molecule has 0 unspecified atom stereocenters. The smallest absolute Gasteiger partial charge is 0.281 e. The maximum atomic E-state index is 12.8. The van der Waals surface area contributed by atoms with Gasteiger partial charge < -0.3 is 5.32 Å². The summed E-state index contributed by atoms with van der Waals surface area (Å²) in [4.78, 5) is 12.2. The van der Waals surface area contributed by atoms with Crippen LogP contribution in [0.25, 0.3) is 0 Å². The van der Waals surface area contributed by atoms with Crippen LogP contribution in [0.1, 0.15) is 18.4 Å². The number of halogens is 1. The molecule has 0 atom stereocenters. The first-order valence-electron chi connectivity index (χ1n) is 7.50. The van der Waals surface area contributed by atoms with Gasteiger partial charge in [0, 0.05) is 39.6 Å². The van der Waals surface area contributed by atoms with E-state index in [9.17, 15) is 17.6 Å². The Balaban J connectivity index is 1.83. The number of rotatable bonds is 5. The lowest BCUT2D eigenvalue weighted by Gasteiger charge is -2.32. The van der Waals surface area contributed by atoms with E-state index in [1.54, 1.807) is 12.1 Å². The molecule has 0 bridgehead atoms. The van der Waals surface area contributed by atoms with E-state index in [-0.39, 0.29) is 17.6 Å². The Kier molecular flexibility index (Phi) is 5.72. The molecule has 1 aliphatic heterocycles. The second-order valence-corrected chi connectivity index (χ2v) is 7.95. The van der Waals surface area contributed by atoms with E-state index in [0.29, 0.717) is 32.5 Å². The average molecular weight is 343 g/mol. The van der Waals surface area contributed by atoms with Crippen LogP contribution in [0.4, 0.5) is 4.39 Å². The van der Waals surface area contributed by atoms with Gasteiger partial charge in [-0.2, -0.15) is 17.0 Å². The van der Waals surface area contributed by atoms with Crippen LogP contribution >= 0.6 is 0 Å². The van der Waals surface area contributed by atoms with Crippen molar-refractivity contribution in [1.29, 1.82) is 0 Å². The predicted molar refractivity (Wildman–Crippen MR) is 85.2 cm³/mol. The lowest BCUT2D eigenvalue weighted by molar-refractivity contribution is -0.126. The Hall–Kier alpha value is -1.51. The van der Waals surface area contributed by atoms with Crippen LogP contribution in [0.3, 0.4) is 0 Å². The Labute approximate surface area is 136 Å². The summed E-state index contributed by atoms with van der Waals surface area (Å²) in [5.41, 5.74) is 0.826. The molecule has 2 rings (SSSR count). The minimum atomic E-state index is -3.41. The van der Waals surface area contributed by atoms with Crippen LogP contribution in [-0.4, -0.2) is 50.1 Å². The Bertz CT molecular complexity index is 638. The molecule has 0 aliphatic carbocycles. The van der Waals surface area contributed by atoms with Crippen LogP contribution in [0, 0.1) is 11.7 Å². The first kappa shape index (κ1) is 17.8. The molecule has 1 aliphatic rings.